The summed E-state index contributed by atoms with van der Waals surface area (Å²) < 4.78 is -1.78. The Hall–Kier alpha value is -0.740. The fraction of sp³-hybridized carbons (Fsp3) is 0.750. The molecule has 7 N–H and O–H groups in total. The summed E-state index contributed by atoms with van der Waals surface area (Å²) >= 11 is 13.1. The Balaban J connectivity index is 4.54. The predicted molar refractivity (Wildman–Crippen MR) is 89.8 cm³/mol. The first kappa shape index (κ1) is 22.3. The van der Waals surface area contributed by atoms with Crippen LogP contribution < -0.4 is 16.8 Å². The van der Waals surface area contributed by atoms with Crippen molar-refractivity contribution in [3.63, 3.8) is 0 Å². The third-order valence-corrected chi connectivity index (χ3v) is 4.56. The molecule has 0 aromatic carbocycles. The Kier molecular flexibility index (Phi) is 9.86. The van der Waals surface area contributed by atoms with Crippen LogP contribution in [-0.2, 0) is 14.4 Å². The third-order valence-electron chi connectivity index (χ3n) is 3.07. The normalized spacial score (nSPS) is 15.5. The van der Waals surface area contributed by atoms with Crippen molar-refractivity contribution in [1.29, 1.82) is 0 Å². The molecular weight excluding hydrogens is 369 g/mol. The van der Waals surface area contributed by atoms with E-state index in [1.807, 2.05) is 6.26 Å². The second-order valence-corrected chi connectivity index (χ2v) is 7.43. The molecular formula is C12H21Cl2N3O5S. The molecule has 0 saturated heterocycles. The Morgan fingerprint density at radius 1 is 1.17 bits per heavy atom. The standard InChI is InChI=1S/C12H21Cl2N3O5S/c1-23-5-3-7(10(19)20)17-9(18)6(15)2-4-12(13,14)8(16)11(21)22/h6-8H,2-5,15-16H2,1H3,(H,17,18)(H,19,20)(H,21,22)/t6-,7-,8?/m0/s1. The maximum Gasteiger partial charge on any atom is 0.326 e. The maximum absolute atomic E-state index is 11.9. The highest BCUT2D eigenvalue weighted by Crippen LogP contribution is 2.30. The van der Waals surface area contributed by atoms with Crippen molar-refractivity contribution < 1.29 is 24.6 Å². The smallest absolute Gasteiger partial charge is 0.326 e. The number of thioether (sulfide) groups is 1. The zero-order valence-electron chi connectivity index (χ0n) is 12.5. The van der Waals surface area contributed by atoms with E-state index in [4.69, 9.17) is 44.9 Å². The summed E-state index contributed by atoms with van der Waals surface area (Å²) in [5.41, 5.74) is 11.0. The van der Waals surface area contributed by atoms with Crippen molar-refractivity contribution in [2.45, 2.75) is 41.7 Å². The van der Waals surface area contributed by atoms with Crippen LogP contribution in [0, 0.1) is 0 Å². The first-order valence-electron chi connectivity index (χ1n) is 6.66. The molecule has 0 aliphatic rings. The lowest BCUT2D eigenvalue weighted by Gasteiger charge is -2.25. The molecule has 8 nitrogen and oxygen atoms in total. The first-order chi connectivity index (χ1) is 10.5. The first-order valence-corrected chi connectivity index (χ1v) is 8.81. The number of hydrogen-bond donors (Lipinski definition) is 5. The molecule has 1 unspecified atom stereocenters. The van der Waals surface area contributed by atoms with E-state index in [1.165, 1.54) is 11.8 Å². The molecule has 0 heterocycles. The maximum atomic E-state index is 11.9. The summed E-state index contributed by atoms with van der Waals surface area (Å²) in [5, 5.41) is 20.1. The molecule has 0 spiro atoms. The van der Waals surface area contributed by atoms with Crippen molar-refractivity contribution in [1.82, 2.24) is 5.32 Å². The van der Waals surface area contributed by atoms with Crippen molar-refractivity contribution >= 4 is 52.8 Å². The molecule has 11 heteroatoms. The number of carboxylic acids is 2. The number of halogens is 2. The lowest BCUT2D eigenvalue weighted by molar-refractivity contribution is -0.142. The van der Waals surface area contributed by atoms with Crippen LogP contribution in [0.25, 0.3) is 0 Å². The van der Waals surface area contributed by atoms with E-state index in [0.717, 1.165) is 0 Å². The Bertz CT molecular complexity index is 439. The quantitative estimate of drug-likeness (QED) is 0.309. The number of rotatable bonds is 11. The summed E-state index contributed by atoms with van der Waals surface area (Å²) in [6.45, 7) is 0. The molecule has 0 fully saturated rings. The molecule has 0 aromatic heterocycles. The molecule has 0 saturated carbocycles. The third kappa shape index (κ3) is 8.07. The van der Waals surface area contributed by atoms with E-state index < -0.39 is 40.3 Å². The summed E-state index contributed by atoms with van der Waals surface area (Å²) in [7, 11) is 0. The molecule has 0 radical (unpaired) electrons. The summed E-state index contributed by atoms with van der Waals surface area (Å²) in [4.78, 5) is 33.7. The number of nitrogens with one attached hydrogen (secondary N) is 1. The van der Waals surface area contributed by atoms with Gasteiger partial charge in [-0.25, -0.2) is 4.79 Å². The second-order valence-electron chi connectivity index (χ2n) is 4.90. The van der Waals surface area contributed by atoms with Crippen LogP contribution in [0.4, 0.5) is 0 Å². The molecule has 23 heavy (non-hydrogen) atoms. The monoisotopic (exact) mass is 389 g/mol. The molecule has 0 aliphatic carbocycles. The lowest BCUT2D eigenvalue weighted by atomic mass is 10.0. The van der Waals surface area contributed by atoms with Gasteiger partial charge in [-0.2, -0.15) is 11.8 Å². The minimum Gasteiger partial charge on any atom is -0.480 e. The zero-order chi connectivity index (χ0) is 18.2. The van der Waals surface area contributed by atoms with Crippen LogP contribution in [0.2, 0.25) is 0 Å². The zero-order valence-corrected chi connectivity index (χ0v) is 14.8. The highest BCUT2D eigenvalue weighted by Gasteiger charge is 2.38. The van der Waals surface area contributed by atoms with Crippen LogP contribution in [0.1, 0.15) is 19.3 Å². The van der Waals surface area contributed by atoms with E-state index in [0.29, 0.717) is 5.75 Å². The van der Waals surface area contributed by atoms with Gasteiger partial charge in [0.2, 0.25) is 5.91 Å². The molecule has 0 rings (SSSR count). The van der Waals surface area contributed by atoms with Gasteiger partial charge < -0.3 is 27.0 Å². The molecule has 3 atom stereocenters. The Morgan fingerprint density at radius 3 is 2.17 bits per heavy atom. The number of nitrogens with two attached hydrogens (primary N) is 2. The largest absolute Gasteiger partial charge is 0.480 e. The second kappa shape index (κ2) is 10.2. The van der Waals surface area contributed by atoms with E-state index in [-0.39, 0.29) is 19.3 Å². The minimum absolute atomic E-state index is 0.0469. The SMILES string of the molecule is CSCC[C@H](NC(=O)[C@@H](N)CCC(Cl)(Cl)C(N)C(=O)O)C(=O)O. The van der Waals surface area contributed by atoms with Crippen LogP contribution in [0.3, 0.4) is 0 Å². The van der Waals surface area contributed by atoms with Gasteiger partial charge in [0.05, 0.1) is 6.04 Å². The number of carbonyl (C=O) groups is 3. The summed E-state index contributed by atoms with van der Waals surface area (Å²) in [5.74, 6) is -2.65. The molecule has 1 amide bonds. The van der Waals surface area contributed by atoms with Gasteiger partial charge in [-0.05, 0) is 31.3 Å². The summed E-state index contributed by atoms with van der Waals surface area (Å²) in [6.07, 6.45) is 1.89. The molecule has 0 aromatic rings. The van der Waals surface area contributed by atoms with Gasteiger partial charge in [0.1, 0.15) is 16.4 Å². The Labute approximate surface area is 148 Å². The number of alkyl halides is 2. The number of carbonyl (C=O) groups excluding carboxylic acids is 1. The predicted octanol–water partition coefficient (Wildman–Crippen LogP) is 0.00220. The van der Waals surface area contributed by atoms with Gasteiger partial charge >= 0.3 is 11.9 Å². The fourth-order valence-electron chi connectivity index (χ4n) is 1.59. The van der Waals surface area contributed by atoms with Crippen molar-refractivity contribution in [2.24, 2.45) is 11.5 Å². The number of carboxylic acid groups (broad SMARTS) is 2. The van der Waals surface area contributed by atoms with E-state index in [1.54, 1.807) is 0 Å². The van der Waals surface area contributed by atoms with Crippen LogP contribution >= 0.6 is 35.0 Å². The molecule has 0 aliphatic heterocycles. The highest BCUT2D eigenvalue weighted by atomic mass is 35.5. The van der Waals surface area contributed by atoms with Crippen LogP contribution in [0.15, 0.2) is 0 Å². The van der Waals surface area contributed by atoms with Crippen molar-refractivity contribution in [3.05, 3.63) is 0 Å². The molecule has 0 bridgehead atoms. The summed E-state index contributed by atoms with van der Waals surface area (Å²) in [6, 6.07) is -3.66. The van der Waals surface area contributed by atoms with Crippen LogP contribution in [-0.4, -0.2) is 62.5 Å². The minimum atomic E-state index is -1.78. The highest BCUT2D eigenvalue weighted by molar-refractivity contribution is 7.98. The molecule has 134 valence electrons. The van der Waals surface area contributed by atoms with Gasteiger partial charge in [0, 0.05) is 0 Å². The van der Waals surface area contributed by atoms with Crippen LogP contribution in [0.5, 0.6) is 0 Å². The van der Waals surface area contributed by atoms with E-state index in [9.17, 15) is 14.4 Å². The van der Waals surface area contributed by atoms with Gasteiger partial charge in [-0.1, -0.05) is 23.2 Å². The van der Waals surface area contributed by atoms with Gasteiger partial charge in [0.15, 0.2) is 0 Å². The average molecular weight is 390 g/mol. The van der Waals surface area contributed by atoms with Crippen molar-refractivity contribution in [3.8, 4) is 0 Å². The van der Waals surface area contributed by atoms with Crippen molar-refractivity contribution in [2.75, 3.05) is 12.0 Å². The average Bonchev–Trinajstić information content (AvgIpc) is 2.47. The van der Waals surface area contributed by atoms with E-state index >= 15 is 0 Å². The fourth-order valence-corrected chi connectivity index (χ4v) is 2.46. The topological polar surface area (TPSA) is 156 Å². The number of hydrogen-bond acceptors (Lipinski definition) is 6. The number of amides is 1. The van der Waals surface area contributed by atoms with Gasteiger partial charge in [0.25, 0.3) is 0 Å². The lowest BCUT2D eigenvalue weighted by Crippen LogP contribution is -2.50. The Morgan fingerprint density at radius 2 is 1.74 bits per heavy atom. The van der Waals surface area contributed by atoms with Gasteiger partial charge in [-0.3, -0.25) is 9.59 Å². The number of aliphatic carboxylic acids is 2. The van der Waals surface area contributed by atoms with E-state index in [2.05, 4.69) is 5.32 Å². The van der Waals surface area contributed by atoms with Gasteiger partial charge in [-0.15, -0.1) is 0 Å².